The van der Waals surface area contributed by atoms with E-state index in [0.717, 1.165) is 6.54 Å². The van der Waals surface area contributed by atoms with Crippen LogP contribution in [0.3, 0.4) is 0 Å². The Balaban J connectivity index is 2.50. The van der Waals surface area contributed by atoms with Crippen molar-refractivity contribution >= 4 is 5.95 Å². The lowest BCUT2D eigenvalue weighted by Crippen LogP contribution is -2.20. The first-order valence-corrected chi connectivity index (χ1v) is 5.16. The molecule has 5 nitrogen and oxygen atoms in total. The second-order valence-corrected chi connectivity index (χ2v) is 3.37. The molecule has 0 amide bonds. The molecule has 15 heavy (non-hydrogen) atoms. The van der Waals surface area contributed by atoms with Crippen LogP contribution in [0.1, 0.15) is 13.8 Å². The number of aromatic nitrogens is 2. The molecule has 1 rings (SSSR count). The molecule has 0 bridgehead atoms. The first-order valence-electron chi connectivity index (χ1n) is 5.16. The molecule has 84 valence electrons. The summed E-state index contributed by atoms with van der Waals surface area (Å²) in [6.45, 7) is 6.02. The van der Waals surface area contributed by atoms with Gasteiger partial charge in [-0.3, -0.25) is 0 Å². The van der Waals surface area contributed by atoms with Gasteiger partial charge in [-0.05, 0) is 19.4 Å². The van der Waals surface area contributed by atoms with Gasteiger partial charge in [-0.25, -0.2) is 4.98 Å². The molecule has 1 aromatic heterocycles. The molecule has 0 aliphatic rings. The van der Waals surface area contributed by atoms with Crippen molar-refractivity contribution in [2.75, 3.05) is 25.0 Å². The highest BCUT2D eigenvalue weighted by molar-refractivity contribution is 5.27. The summed E-state index contributed by atoms with van der Waals surface area (Å²) in [7, 11) is 0. The Morgan fingerprint density at radius 1 is 1.60 bits per heavy atom. The summed E-state index contributed by atoms with van der Waals surface area (Å²) < 4.78 is 5.26. The molecule has 1 atom stereocenters. The van der Waals surface area contributed by atoms with E-state index in [1.54, 1.807) is 12.3 Å². The first kappa shape index (κ1) is 11.7. The van der Waals surface area contributed by atoms with Crippen LogP contribution in [0.4, 0.5) is 5.95 Å². The Labute approximate surface area is 90.1 Å². The minimum Gasteiger partial charge on any atom is -0.478 e. The first-order chi connectivity index (χ1) is 7.26. The summed E-state index contributed by atoms with van der Waals surface area (Å²) in [6.07, 6.45) is 1.67. The highest BCUT2D eigenvalue weighted by Crippen LogP contribution is 2.08. The Kier molecular flexibility index (Phi) is 4.83. The molecule has 0 aliphatic heterocycles. The van der Waals surface area contributed by atoms with Crippen molar-refractivity contribution in [1.29, 1.82) is 0 Å². The zero-order valence-electron chi connectivity index (χ0n) is 9.23. The summed E-state index contributed by atoms with van der Waals surface area (Å²) in [4.78, 5) is 8.27. The minimum absolute atomic E-state index is 0.407. The van der Waals surface area contributed by atoms with Crippen LogP contribution < -0.4 is 15.8 Å². The number of hydrogen-bond donors (Lipinski definition) is 2. The number of rotatable bonds is 6. The van der Waals surface area contributed by atoms with Crippen molar-refractivity contribution in [1.82, 2.24) is 9.97 Å². The number of anilines is 1. The number of nitrogens with two attached hydrogens (primary N) is 1. The van der Waals surface area contributed by atoms with E-state index in [4.69, 9.17) is 10.5 Å². The largest absolute Gasteiger partial charge is 0.478 e. The lowest BCUT2D eigenvalue weighted by atomic mass is 10.2. The van der Waals surface area contributed by atoms with Crippen LogP contribution in [-0.4, -0.2) is 29.7 Å². The summed E-state index contributed by atoms with van der Waals surface area (Å²) >= 11 is 0. The lowest BCUT2D eigenvalue weighted by molar-refractivity contribution is 0.326. The van der Waals surface area contributed by atoms with Crippen molar-refractivity contribution in [3.8, 4) is 5.88 Å². The van der Waals surface area contributed by atoms with Gasteiger partial charge in [0.1, 0.15) is 0 Å². The van der Waals surface area contributed by atoms with E-state index >= 15 is 0 Å². The van der Waals surface area contributed by atoms with Gasteiger partial charge in [0.15, 0.2) is 0 Å². The Morgan fingerprint density at radius 3 is 3.07 bits per heavy atom. The van der Waals surface area contributed by atoms with Crippen LogP contribution in [0.5, 0.6) is 5.88 Å². The van der Waals surface area contributed by atoms with E-state index in [9.17, 15) is 0 Å². The maximum atomic E-state index is 5.51. The average molecular weight is 210 g/mol. The highest BCUT2D eigenvalue weighted by atomic mass is 16.5. The minimum atomic E-state index is 0.407. The van der Waals surface area contributed by atoms with Gasteiger partial charge >= 0.3 is 0 Å². The van der Waals surface area contributed by atoms with Gasteiger partial charge in [0, 0.05) is 18.8 Å². The van der Waals surface area contributed by atoms with Crippen molar-refractivity contribution < 1.29 is 4.74 Å². The molecule has 5 heteroatoms. The fourth-order valence-electron chi connectivity index (χ4n) is 1.00. The Hall–Kier alpha value is -1.36. The molecule has 1 unspecified atom stereocenters. The zero-order valence-corrected chi connectivity index (χ0v) is 9.23. The molecule has 1 heterocycles. The lowest BCUT2D eigenvalue weighted by Gasteiger charge is -2.10. The smallest absolute Gasteiger partial charge is 0.225 e. The fourth-order valence-corrected chi connectivity index (χ4v) is 1.00. The highest BCUT2D eigenvalue weighted by Gasteiger charge is 2.02. The molecule has 3 N–H and O–H groups in total. The third kappa shape index (κ3) is 4.12. The quantitative estimate of drug-likeness (QED) is 0.729. The average Bonchev–Trinajstić information content (AvgIpc) is 2.27. The summed E-state index contributed by atoms with van der Waals surface area (Å²) in [5, 5.41) is 3.11. The van der Waals surface area contributed by atoms with Crippen molar-refractivity contribution in [3.63, 3.8) is 0 Å². The van der Waals surface area contributed by atoms with E-state index in [1.807, 2.05) is 6.92 Å². The third-order valence-corrected chi connectivity index (χ3v) is 1.93. The zero-order chi connectivity index (χ0) is 11.1. The second-order valence-electron chi connectivity index (χ2n) is 3.37. The number of ether oxygens (including phenoxy) is 1. The summed E-state index contributed by atoms with van der Waals surface area (Å²) in [6, 6.07) is 1.74. The molecule has 0 aromatic carbocycles. The fraction of sp³-hybridized carbons (Fsp3) is 0.600. The normalized spacial score (nSPS) is 12.2. The SMILES string of the molecule is CCOc1ccnc(NCC(C)CN)n1. The number of nitrogens with zero attached hydrogens (tertiary/aromatic N) is 2. The van der Waals surface area contributed by atoms with Gasteiger partial charge < -0.3 is 15.8 Å². The predicted octanol–water partition coefficient (Wildman–Crippen LogP) is 0.882. The van der Waals surface area contributed by atoms with E-state index in [2.05, 4.69) is 22.2 Å². The van der Waals surface area contributed by atoms with Crippen LogP contribution in [0, 0.1) is 5.92 Å². The van der Waals surface area contributed by atoms with Crippen LogP contribution in [0.2, 0.25) is 0 Å². The number of hydrogen-bond acceptors (Lipinski definition) is 5. The van der Waals surface area contributed by atoms with E-state index in [-0.39, 0.29) is 0 Å². The Bertz CT molecular complexity index is 293. The van der Waals surface area contributed by atoms with E-state index < -0.39 is 0 Å². The molecule has 0 saturated heterocycles. The van der Waals surface area contributed by atoms with Crippen molar-refractivity contribution in [2.24, 2.45) is 11.7 Å². The van der Waals surface area contributed by atoms with E-state index in [1.165, 1.54) is 0 Å². The maximum Gasteiger partial charge on any atom is 0.225 e. The molecular formula is C10H18N4O. The van der Waals surface area contributed by atoms with Crippen molar-refractivity contribution in [3.05, 3.63) is 12.3 Å². The second kappa shape index (κ2) is 6.19. The topological polar surface area (TPSA) is 73.1 Å². The molecule has 0 aliphatic carbocycles. The Morgan fingerprint density at radius 2 is 2.40 bits per heavy atom. The maximum absolute atomic E-state index is 5.51. The van der Waals surface area contributed by atoms with Gasteiger partial charge in [-0.2, -0.15) is 4.98 Å². The van der Waals surface area contributed by atoms with Gasteiger partial charge in [0.05, 0.1) is 6.61 Å². The van der Waals surface area contributed by atoms with Crippen LogP contribution in [-0.2, 0) is 0 Å². The predicted molar refractivity (Wildman–Crippen MR) is 59.9 cm³/mol. The molecule has 0 fully saturated rings. The van der Waals surface area contributed by atoms with Crippen LogP contribution >= 0.6 is 0 Å². The molecule has 1 aromatic rings. The van der Waals surface area contributed by atoms with Gasteiger partial charge in [0.25, 0.3) is 0 Å². The van der Waals surface area contributed by atoms with Crippen LogP contribution in [0.15, 0.2) is 12.3 Å². The molecule has 0 saturated carbocycles. The van der Waals surface area contributed by atoms with Crippen LogP contribution in [0.25, 0.3) is 0 Å². The van der Waals surface area contributed by atoms with Gasteiger partial charge in [-0.15, -0.1) is 0 Å². The summed E-state index contributed by atoms with van der Waals surface area (Å²) in [5.41, 5.74) is 5.51. The van der Waals surface area contributed by atoms with Crippen molar-refractivity contribution in [2.45, 2.75) is 13.8 Å². The number of nitrogens with one attached hydrogen (secondary N) is 1. The van der Waals surface area contributed by atoms with E-state index in [0.29, 0.717) is 30.9 Å². The summed E-state index contributed by atoms with van der Waals surface area (Å²) in [5.74, 6) is 1.58. The monoisotopic (exact) mass is 210 g/mol. The molecule has 0 spiro atoms. The molecule has 0 radical (unpaired) electrons. The van der Waals surface area contributed by atoms with Gasteiger partial charge in [-0.1, -0.05) is 6.92 Å². The standard InChI is InChI=1S/C10H18N4O/c1-3-15-9-4-5-12-10(14-9)13-7-8(2)6-11/h4-5,8H,3,6-7,11H2,1-2H3,(H,12,13,14). The third-order valence-electron chi connectivity index (χ3n) is 1.93. The van der Waals surface area contributed by atoms with Gasteiger partial charge in [0.2, 0.25) is 11.8 Å². The molecular weight excluding hydrogens is 192 g/mol.